The summed E-state index contributed by atoms with van der Waals surface area (Å²) in [6, 6.07) is 12.3. The minimum absolute atomic E-state index is 0.130. The van der Waals surface area contributed by atoms with Gasteiger partial charge in [-0.3, -0.25) is 14.7 Å². The zero-order valence-corrected chi connectivity index (χ0v) is 15.3. The minimum Gasteiger partial charge on any atom is -0.343 e. The van der Waals surface area contributed by atoms with Gasteiger partial charge >= 0.3 is 0 Å². The van der Waals surface area contributed by atoms with Crippen LogP contribution >= 0.6 is 0 Å². The zero-order chi connectivity index (χ0) is 19.7. The van der Waals surface area contributed by atoms with Gasteiger partial charge in [0.25, 0.3) is 11.5 Å². The van der Waals surface area contributed by atoms with Crippen molar-refractivity contribution in [2.24, 2.45) is 0 Å². The lowest BCUT2D eigenvalue weighted by atomic mass is 10.0. The third-order valence-corrected chi connectivity index (χ3v) is 4.42. The largest absolute Gasteiger partial charge is 0.343 e. The van der Waals surface area contributed by atoms with Gasteiger partial charge in [-0.15, -0.1) is 0 Å². The third-order valence-electron chi connectivity index (χ3n) is 4.42. The fourth-order valence-electron chi connectivity index (χ4n) is 3.08. The number of aryl methyl sites for hydroxylation is 2. The second-order valence-electron chi connectivity index (χ2n) is 6.56. The zero-order valence-electron chi connectivity index (χ0n) is 15.3. The predicted octanol–water partition coefficient (Wildman–Crippen LogP) is 1.74. The van der Waals surface area contributed by atoms with E-state index in [1.165, 1.54) is 10.6 Å². The van der Waals surface area contributed by atoms with Crippen molar-refractivity contribution in [2.45, 2.75) is 26.3 Å². The molecule has 4 aromatic rings. The summed E-state index contributed by atoms with van der Waals surface area (Å²) in [7, 11) is 0. The second-order valence-corrected chi connectivity index (χ2v) is 6.56. The van der Waals surface area contributed by atoms with Gasteiger partial charge in [0.1, 0.15) is 5.69 Å². The number of H-pyrrole nitrogens is 1. The van der Waals surface area contributed by atoms with Crippen LogP contribution in [-0.4, -0.2) is 30.8 Å². The van der Waals surface area contributed by atoms with Gasteiger partial charge in [-0.2, -0.15) is 0 Å². The van der Waals surface area contributed by atoms with E-state index in [1.54, 1.807) is 13.0 Å². The molecule has 3 aromatic heterocycles. The molecule has 0 aliphatic carbocycles. The van der Waals surface area contributed by atoms with E-state index in [4.69, 9.17) is 0 Å². The van der Waals surface area contributed by atoms with Crippen molar-refractivity contribution in [2.75, 3.05) is 0 Å². The molecular formula is C19H18N6O3. The average molecular weight is 378 g/mol. The van der Waals surface area contributed by atoms with E-state index in [0.29, 0.717) is 23.5 Å². The summed E-state index contributed by atoms with van der Waals surface area (Å²) in [5.74, 6) is -0.400. The standard InChI is InChI=1S/C19H18N6O3/c1-11-8-16-20-14(10-17(26)25(16)22-11)9-15(13-6-4-3-5-7-13)21-19(27)18-12(2)23-28-24-18/h3-8,10,15,22H,9H2,1-2H3,(H,21,27)/t15-/m0/s1. The summed E-state index contributed by atoms with van der Waals surface area (Å²) < 4.78 is 6.01. The highest BCUT2D eigenvalue weighted by atomic mass is 16.6. The van der Waals surface area contributed by atoms with E-state index < -0.39 is 11.9 Å². The Morgan fingerprint density at radius 3 is 2.71 bits per heavy atom. The van der Waals surface area contributed by atoms with Crippen molar-refractivity contribution in [3.63, 3.8) is 0 Å². The van der Waals surface area contributed by atoms with Crippen LogP contribution in [0.4, 0.5) is 0 Å². The van der Waals surface area contributed by atoms with E-state index in [2.05, 4.69) is 30.3 Å². The number of benzene rings is 1. The van der Waals surface area contributed by atoms with E-state index >= 15 is 0 Å². The van der Waals surface area contributed by atoms with Crippen LogP contribution in [0.15, 0.2) is 51.9 Å². The molecule has 0 spiro atoms. The highest BCUT2D eigenvalue weighted by Crippen LogP contribution is 2.18. The Hall–Kier alpha value is -3.75. The molecule has 1 aromatic carbocycles. The first kappa shape index (κ1) is 17.7. The van der Waals surface area contributed by atoms with Crippen LogP contribution in [0.25, 0.3) is 5.65 Å². The fourth-order valence-corrected chi connectivity index (χ4v) is 3.08. The molecule has 0 unspecified atom stereocenters. The third kappa shape index (κ3) is 3.41. The van der Waals surface area contributed by atoms with Crippen molar-refractivity contribution in [3.8, 4) is 0 Å². The Labute approximate surface area is 159 Å². The normalized spacial score (nSPS) is 12.2. The van der Waals surface area contributed by atoms with Crippen LogP contribution in [0.5, 0.6) is 0 Å². The van der Waals surface area contributed by atoms with Gasteiger partial charge in [0.15, 0.2) is 11.3 Å². The number of hydrogen-bond donors (Lipinski definition) is 2. The van der Waals surface area contributed by atoms with Crippen molar-refractivity contribution >= 4 is 11.6 Å². The van der Waals surface area contributed by atoms with Crippen molar-refractivity contribution in [1.82, 2.24) is 30.2 Å². The molecule has 1 amide bonds. The lowest BCUT2D eigenvalue weighted by Crippen LogP contribution is -2.31. The second kappa shape index (κ2) is 7.10. The lowest BCUT2D eigenvalue weighted by Gasteiger charge is -2.18. The van der Waals surface area contributed by atoms with Crippen LogP contribution in [0.2, 0.25) is 0 Å². The van der Waals surface area contributed by atoms with Crippen LogP contribution in [0, 0.1) is 13.8 Å². The van der Waals surface area contributed by atoms with E-state index in [0.717, 1.165) is 11.3 Å². The lowest BCUT2D eigenvalue weighted by molar-refractivity contribution is 0.0926. The summed E-state index contributed by atoms with van der Waals surface area (Å²) in [5.41, 5.74) is 3.17. The molecule has 0 saturated carbocycles. The number of carbonyl (C=O) groups excluding carboxylic acids is 1. The van der Waals surface area contributed by atoms with Crippen LogP contribution in [0.1, 0.15) is 39.2 Å². The van der Waals surface area contributed by atoms with Crippen LogP contribution in [0.3, 0.4) is 0 Å². The monoisotopic (exact) mass is 378 g/mol. The predicted molar refractivity (Wildman–Crippen MR) is 99.9 cm³/mol. The Morgan fingerprint density at radius 2 is 2.00 bits per heavy atom. The van der Waals surface area contributed by atoms with Gasteiger partial charge in [-0.25, -0.2) is 14.1 Å². The SMILES string of the molecule is Cc1cc2nc(C[C@H](NC(=O)c3nonc3C)c3ccccc3)cc(=O)n2[nH]1. The molecule has 0 radical (unpaired) electrons. The Bertz CT molecular complexity index is 1190. The maximum absolute atomic E-state index is 12.6. The number of hydrogen-bond acceptors (Lipinski definition) is 6. The van der Waals surface area contributed by atoms with Crippen LogP contribution < -0.4 is 10.9 Å². The first-order valence-electron chi connectivity index (χ1n) is 8.74. The molecule has 0 aliphatic rings. The number of aromatic nitrogens is 5. The van der Waals surface area contributed by atoms with Crippen molar-refractivity contribution in [1.29, 1.82) is 0 Å². The molecule has 0 bridgehead atoms. The maximum atomic E-state index is 12.6. The number of aromatic amines is 1. The van der Waals surface area contributed by atoms with Crippen molar-refractivity contribution < 1.29 is 9.42 Å². The topological polar surface area (TPSA) is 118 Å². The number of amides is 1. The summed E-state index contributed by atoms with van der Waals surface area (Å²) in [5, 5.41) is 13.2. The van der Waals surface area contributed by atoms with Crippen molar-refractivity contribution in [3.05, 3.63) is 81.2 Å². The summed E-state index contributed by atoms with van der Waals surface area (Å²) in [6.07, 6.45) is 0.343. The number of nitrogens with zero attached hydrogens (tertiary/aromatic N) is 4. The number of nitrogens with one attached hydrogen (secondary N) is 2. The molecule has 0 aliphatic heterocycles. The quantitative estimate of drug-likeness (QED) is 0.546. The van der Waals surface area contributed by atoms with Gasteiger partial charge in [0.05, 0.1) is 11.7 Å². The minimum atomic E-state index is -0.404. The van der Waals surface area contributed by atoms with Gasteiger partial charge in [0.2, 0.25) is 0 Å². The summed E-state index contributed by atoms with van der Waals surface area (Å²) >= 11 is 0. The molecule has 0 fully saturated rings. The molecule has 0 saturated heterocycles. The fraction of sp³-hybridized carbons (Fsp3) is 0.211. The molecule has 9 nitrogen and oxygen atoms in total. The Morgan fingerprint density at radius 1 is 1.21 bits per heavy atom. The highest BCUT2D eigenvalue weighted by Gasteiger charge is 2.21. The molecular weight excluding hydrogens is 360 g/mol. The summed E-state index contributed by atoms with van der Waals surface area (Å²) in [6.45, 7) is 3.50. The van der Waals surface area contributed by atoms with E-state index in [-0.39, 0.29) is 11.3 Å². The highest BCUT2D eigenvalue weighted by molar-refractivity contribution is 5.93. The Kier molecular flexibility index (Phi) is 4.48. The smallest absolute Gasteiger partial charge is 0.275 e. The molecule has 1 atom stereocenters. The van der Waals surface area contributed by atoms with Gasteiger partial charge in [0, 0.05) is 24.2 Å². The first-order chi connectivity index (χ1) is 13.5. The Balaban J connectivity index is 1.67. The first-order valence-corrected chi connectivity index (χ1v) is 8.74. The molecule has 3 heterocycles. The van der Waals surface area contributed by atoms with E-state index in [9.17, 15) is 9.59 Å². The molecule has 9 heteroatoms. The number of carbonyl (C=O) groups is 1. The molecule has 4 rings (SSSR count). The number of fused-ring (bicyclic) bond motifs is 1. The van der Waals surface area contributed by atoms with Gasteiger partial charge in [-0.1, -0.05) is 35.5 Å². The maximum Gasteiger partial charge on any atom is 0.275 e. The average Bonchev–Trinajstić information content (AvgIpc) is 3.27. The molecule has 2 N–H and O–H groups in total. The van der Waals surface area contributed by atoms with E-state index in [1.807, 2.05) is 37.3 Å². The summed E-state index contributed by atoms with van der Waals surface area (Å²) in [4.78, 5) is 29.5. The van der Waals surface area contributed by atoms with Gasteiger partial charge < -0.3 is 5.32 Å². The number of rotatable bonds is 5. The molecule has 28 heavy (non-hydrogen) atoms. The van der Waals surface area contributed by atoms with Crippen LogP contribution in [-0.2, 0) is 6.42 Å². The van der Waals surface area contributed by atoms with Gasteiger partial charge in [-0.05, 0) is 24.6 Å². The molecule has 142 valence electrons.